The number of nitrogens with one attached hydrogen (secondary N) is 1. The zero-order valence-electron chi connectivity index (χ0n) is 10.9. The van der Waals surface area contributed by atoms with E-state index in [4.69, 9.17) is 4.74 Å². The van der Waals surface area contributed by atoms with Crippen molar-refractivity contribution < 1.29 is 9.53 Å². The van der Waals surface area contributed by atoms with Crippen LogP contribution < -0.4 is 0 Å². The van der Waals surface area contributed by atoms with Crippen LogP contribution in [-0.2, 0) is 11.2 Å². The van der Waals surface area contributed by atoms with Crippen LogP contribution in [0, 0.1) is 5.92 Å². The van der Waals surface area contributed by atoms with Crippen molar-refractivity contribution in [3.8, 4) is 0 Å². The average Bonchev–Trinajstić information content (AvgIpc) is 2.87. The van der Waals surface area contributed by atoms with Crippen LogP contribution in [0.3, 0.4) is 0 Å². The molecule has 0 spiro atoms. The third kappa shape index (κ3) is 3.55. The second-order valence-electron chi connectivity index (χ2n) is 4.87. The Labute approximate surface area is 107 Å². The van der Waals surface area contributed by atoms with E-state index in [0.29, 0.717) is 6.61 Å². The predicted octanol–water partition coefficient (Wildman–Crippen LogP) is 2.49. The Morgan fingerprint density at radius 3 is 2.89 bits per heavy atom. The van der Waals surface area contributed by atoms with E-state index < -0.39 is 5.97 Å². The Bertz CT molecular complexity index is 383. The summed E-state index contributed by atoms with van der Waals surface area (Å²) in [6.45, 7) is 2.12. The summed E-state index contributed by atoms with van der Waals surface area (Å²) in [7, 11) is 0. The monoisotopic (exact) mass is 251 g/mol. The van der Waals surface area contributed by atoms with E-state index in [-0.39, 0.29) is 5.82 Å². The molecule has 100 valence electrons. The van der Waals surface area contributed by atoms with Crippen LogP contribution in [-0.4, -0.2) is 27.8 Å². The maximum absolute atomic E-state index is 11.4. The fraction of sp³-hybridized carbons (Fsp3) is 0.769. The zero-order chi connectivity index (χ0) is 12.8. The Hall–Kier alpha value is -1.39. The quantitative estimate of drug-likeness (QED) is 0.816. The molecule has 1 fully saturated rings. The third-order valence-electron chi connectivity index (χ3n) is 3.50. The largest absolute Gasteiger partial charge is 0.460 e. The Morgan fingerprint density at radius 1 is 1.39 bits per heavy atom. The van der Waals surface area contributed by atoms with Gasteiger partial charge in [0.15, 0.2) is 0 Å². The van der Waals surface area contributed by atoms with Gasteiger partial charge in [0.25, 0.3) is 5.82 Å². The number of rotatable bonds is 5. The number of H-pyrrole nitrogens is 1. The second kappa shape index (κ2) is 6.52. The van der Waals surface area contributed by atoms with E-state index in [0.717, 1.165) is 24.6 Å². The molecule has 1 heterocycles. The summed E-state index contributed by atoms with van der Waals surface area (Å²) in [5.41, 5.74) is 0. The lowest BCUT2D eigenvalue weighted by molar-refractivity contribution is 0.0512. The van der Waals surface area contributed by atoms with E-state index >= 15 is 0 Å². The van der Waals surface area contributed by atoms with Crippen molar-refractivity contribution in [3.05, 3.63) is 11.6 Å². The van der Waals surface area contributed by atoms with Crippen LogP contribution in [0.4, 0.5) is 0 Å². The van der Waals surface area contributed by atoms with E-state index in [1.807, 2.05) is 0 Å². The molecule has 1 saturated carbocycles. The fourth-order valence-corrected chi connectivity index (χ4v) is 2.51. The zero-order valence-corrected chi connectivity index (χ0v) is 10.9. The third-order valence-corrected chi connectivity index (χ3v) is 3.50. The molecule has 1 aliphatic rings. The van der Waals surface area contributed by atoms with E-state index in [1.165, 1.54) is 32.1 Å². The molecular weight excluding hydrogens is 230 g/mol. The molecule has 0 aromatic carbocycles. The Kier molecular flexibility index (Phi) is 4.73. The Balaban J connectivity index is 1.80. The molecule has 1 N–H and O–H groups in total. The molecule has 1 aromatic heterocycles. The number of carbonyl (C=O) groups is 1. The van der Waals surface area contributed by atoms with Gasteiger partial charge >= 0.3 is 5.97 Å². The average molecular weight is 251 g/mol. The summed E-state index contributed by atoms with van der Waals surface area (Å²) < 4.78 is 4.85. The first-order valence-corrected chi connectivity index (χ1v) is 6.88. The van der Waals surface area contributed by atoms with Gasteiger partial charge in [0.2, 0.25) is 0 Å². The van der Waals surface area contributed by atoms with Crippen LogP contribution in [0.25, 0.3) is 0 Å². The van der Waals surface area contributed by atoms with Gasteiger partial charge in [0.1, 0.15) is 5.82 Å². The molecule has 18 heavy (non-hydrogen) atoms. The van der Waals surface area contributed by atoms with Gasteiger partial charge in [-0.1, -0.05) is 32.1 Å². The first kappa shape index (κ1) is 13.1. The van der Waals surface area contributed by atoms with Gasteiger partial charge in [0.05, 0.1) is 6.61 Å². The maximum atomic E-state index is 11.4. The van der Waals surface area contributed by atoms with Crippen molar-refractivity contribution in [1.29, 1.82) is 0 Å². The number of hydrogen-bond acceptors (Lipinski definition) is 4. The SMILES string of the molecule is CCOC(=O)c1n[nH]c(CCC2CCCCC2)n1. The highest BCUT2D eigenvalue weighted by Crippen LogP contribution is 2.26. The smallest absolute Gasteiger partial charge is 0.378 e. The minimum Gasteiger partial charge on any atom is -0.460 e. The van der Waals surface area contributed by atoms with Gasteiger partial charge in [-0.05, 0) is 19.3 Å². The molecule has 1 aliphatic carbocycles. The molecule has 0 bridgehead atoms. The Morgan fingerprint density at radius 2 is 2.17 bits per heavy atom. The summed E-state index contributed by atoms with van der Waals surface area (Å²) in [5, 5.41) is 6.71. The maximum Gasteiger partial charge on any atom is 0.378 e. The number of aryl methyl sites for hydroxylation is 1. The summed E-state index contributed by atoms with van der Waals surface area (Å²) in [5.74, 6) is 1.31. The number of hydrogen-bond donors (Lipinski definition) is 1. The highest BCUT2D eigenvalue weighted by molar-refractivity contribution is 5.84. The number of carbonyl (C=O) groups excluding carboxylic acids is 1. The number of aromatic amines is 1. The van der Waals surface area contributed by atoms with Gasteiger partial charge in [-0.25, -0.2) is 9.78 Å². The van der Waals surface area contributed by atoms with Crippen molar-refractivity contribution in [3.63, 3.8) is 0 Å². The lowest BCUT2D eigenvalue weighted by Gasteiger charge is -2.20. The summed E-state index contributed by atoms with van der Waals surface area (Å²) in [4.78, 5) is 15.6. The van der Waals surface area contributed by atoms with E-state index in [2.05, 4.69) is 15.2 Å². The number of aromatic nitrogens is 3. The van der Waals surface area contributed by atoms with E-state index in [9.17, 15) is 4.79 Å². The molecule has 0 atom stereocenters. The molecule has 5 heteroatoms. The van der Waals surface area contributed by atoms with Crippen molar-refractivity contribution in [2.45, 2.75) is 51.9 Å². The van der Waals surface area contributed by atoms with Crippen LogP contribution in [0.15, 0.2) is 0 Å². The molecule has 1 aromatic rings. The first-order chi connectivity index (χ1) is 8.79. The van der Waals surface area contributed by atoms with Crippen LogP contribution in [0.2, 0.25) is 0 Å². The molecule has 0 saturated heterocycles. The lowest BCUT2D eigenvalue weighted by Crippen LogP contribution is -2.08. The summed E-state index contributed by atoms with van der Waals surface area (Å²) in [6.07, 6.45) is 8.77. The molecular formula is C13H21N3O2. The highest BCUT2D eigenvalue weighted by Gasteiger charge is 2.16. The minimum atomic E-state index is -0.447. The van der Waals surface area contributed by atoms with Crippen LogP contribution in [0.5, 0.6) is 0 Å². The molecule has 2 rings (SSSR count). The highest BCUT2D eigenvalue weighted by atomic mass is 16.5. The standard InChI is InChI=1S/C13H21N3O2/c1-2-18-13(17)12-14-11(15-16-12)9-8-10-6-4-3-5-7-10/h10H,2-9H2,1H3,(H,14,15,16). The van der Waals surface area contributed by atoms with Gasteiger partial charge < -0.3 is 4.74 Å². The second-order valence-corrected chi connectivity index (χ2v) is 4.87. The van der Waals surface area contributed by atoms with Gasteiger partial charge in [-0.15, -0.1) is 5.10 Å². The molecule has 0 radical (unpaired) electrons. The topological polar surface area (TPSA) is 67.9 Å². The first-order valence-electron chi connectivity index (χ1n) is 6.88. The van der Waals surface area contributed by atoms with E-state index in [1.54, 1.807) is 6.92 Å². The van der Waals surface area contributed by atoms with Gasteiger partial charge in [-0.3, -0.25) is 5.10 Å². The number of esters is 1. The fourth-order valence-electron chi connectivity index (χ4n) is 2.51. The molecule has 0 unspecified atom stereocenters. The number of nitrogens with zero attached hydrogens (tertiary/aromatic N) is 2. The van der Waals surface area contributed by atoms with Crippen molar-refractivity contribution in [1.82, 2.24) is 15.2 Å². The van der Waals surface area contributed by atoms with Crippen LogP contribution >= 0.6 is 0 Å². The predicted molar refractivity (Wildman–Crippen MR) is 67.2 cm³/mol. The van der Waals surface area contributed by atoms with Gasteiger partial charge in [-0.2, -0.15) is 0 Å². The summed E-state index contributed by atoms with van der Waals surface area (Å²) in [6, 6.07) is 0. The normalized spacial score (nSPS) is 16.7. The molecule has 0 amide bonds. The van der Waals surface area contributed by atoms with Gasteiger partial charge in [0, 0.05) is 6.42 Å². The van der Waals surface area contributed by atoms with Crippen molar-refractivity contribution in [2.24, 2.45) is 5.92 Å². The lowest BCUT2D eigenvalue weighted by atomic mass is 9.86. The molecule has 0 aliphatic heterocycles. The molecule has 5 nitrogen and oxygen atoms in total. The minimum absolute atomic E-state index is 0.149. The van der Waals surface area contributed by atoms with Crippen molar-refractivity contribution >= 4 is 5.97 Å². The van der Waals surface area contributed by atoms with Crippen LogP contribution in [0.1, 0.15) is 61.9 Å². The summed E-state index contributed by atoms with van der Waals surface area (Å²) >= 11 is 0. The van der Waals surface area contributed by atoms with Crippen molar-refractivity contribution in [2.75, 3.05) is 6.61 Å². The number of ether oxygens (including phenoxy) is 1.